The molecule has 0 saturated carbocycles. The first-order valence-corrected chi connectivity index (χ1v) is 13.4. The standard InChI is InChI=1S/C32H42N4O2/c1-29(2,31(5,6)37)27-21-25(35(33-27)23-15-11-9-12-16-23)19-20-26-22-28(30(3,4)32(7,8)38)34-36(26)24-17-13-10-14-18-24/h9-18,21-22,37-38H,19-20H2,1-8H3. The molecule has 0 aliphatic carbocycles. The zero-order chi connectivity index (χ0) is 27.9. The first-order chi connectivity index (χ1) is 17.6. The molecule has 0 bridgehead atoms. The first-order valence-electron chi connectivity index (χ1n) is 13.4. The van der Waals surface area contributed by atoms with E-state index in [1.807, 2.05) is 101 Å². The van der Waals surface area contributed by atoms with Gasteiger partial charge in [0.15, 0.2) is 0 Å². The highest BCUT2D eigenvalue weighted by molar-refractivity contribution is 5.38. The zero-order valence-corrected chi connectivity index (χ0v) is 24.0. The van der Waals surface area contributed by atoms with E-state index in [9.17, 15) is 10.2 Å². The molecule has 0 aliphatic heterocycles. The van der Waals surface area contributed by atoms with Crippen LogP contribution in [0.1, 0.15) is 78.2 Å². The molecule has 0 atom stereocenters. The molecule has 0 saturated heterocycles. The molecular formula is C32H42N4O2. The second-order valence-corrected chi connectivity index (χ2v) is 12.4. The molecule has 0 aliphatic rings. The fourth-order valence-electron chi connectivity index (χ4n) is 4.28. The minimum absolute atomic E-state index is 0.544. The third kappa shape index (κ3) is 5.20. The molecule has 6 nitrogen and oxygen atoms in total. The van der Waals surface area contributed by atoms with Crippen molar-refractivity contribution in [3.05, 3.63) is 95.6 Å². The number of nitrogens with zero attached hydrogens (tertiary/aromatic N) is 4. The second-order valence-electron chi connectivity index (χ2n) is 12.4. The van der Waals surface area contributed by atoms with E-state index < -0.39 is 22.0 Å². The van der Waals surface area contributed by atoms with Gasteiger partial charge in [0, 0.05) is 22.2 Å². The molecule has 38 heavy (non-hydrogen) atoms. The van der Waals surface area contributed by atoms with Gasteiger partial charge in [0.2, 0.25) is 0 Å². The Morgan fingerprint density at radius 1 is 0.553 bits per heavy atom. The molecule has 2 N–H and O–H groups in total. The van der Waals surface area contributed by atoms with Gasteiger partial charge in [0.1, 0.15) is 0 Å². The third-order valence-corrected chi connectivity index (χ3v) is 8.54. The highest BCUT2D eigenvalue weighted by Crippen LogP contribution is 2.36. The molecule has 0 radical (unpaired) electrons. The van der Waals surface area contributed by atoms with Crippen molar-refractivity contribution in [2.75, 3.05) is 0 Å². The van der Waals surface area contributed by atoms with Crippen molar-refractivity contribution in [2.45, 2.75) is 90.3 Å². The summed E-state index contributed by atoms with van der Waals surface area (Å²) >= 11 is 0. The van der Waals surface area contributed by atoms with Crippen molar-refractivity contribution < 1.29 is 10.2 Å². The van der Waals surface area contributed by atoms with Crippen LogP contribution in [0.4, 0.5) is 0 Å². The highest BCUT2D eigenvalue weighted by Gasteiger charge is 2.40. The molecule has 6 heteroatoms. The van der Waals surface area contributed by atoms with Crippen molar-refractivity contribution in [3.63, 3.8) is 0 Å². The van der Waals surface area contributed by atoms with Crippen LogP contribution in [0.2, 0.25) is 0 Å². The molecule has 0 fully saturated rings. The summed E-state index contributed by atoms with van der Waals surface area (Å²) in [4.78, 5) is 0. The van der Waals surface area contributed by atoms with Gasteiger partial charge >= 0.3 is 0 Å². The van der Waals surface area contributed by atoms with Gasteiger partial charge in [0.05, 0.1) is 34.0 Å². The lowest BCUT2D eigenvalue weighted by molar-refractivity contribution is 0.00731. The molecule has 202 valence electrons. The second kappa shape index (κ2) is 9.83. The van der Waals surface area contributed by atoms with E-state index >= 15 is 0 Å². The lowest BCUT2D eigenvalue weighted by Crippen LogP contribution is -2.42. The predicted molar refractivity (Wildman–Crippen MR) is 153 cm³/mol. The summed E-state index contributed by atoms with van der Waals surface area (Å²) in [5.74, 6) is 0. The maximum Gasteiger partial charge on any atom is 0.0716 e. The topological polar surface area (TPSA) is 76.1 Å². The van der Waals surface area contributed by atoms with Gasteiger partial charge in [-0.1, -0.05) is 64.1 Å². The van der Waals surface area contributed by atoms with Crippen molar-refractivity contribution in [3.8, 4) is 11.4 Å². The number of aromatic nitrogens is 4. The number of aliphatic hydroxyl groups is 2. The number of benzene rings is 2. The number of aryl methyl sites for hydroxylation is 2. The van der Waals surface area contributed by atoms with E-state index in [-0.39, 0.29) is 0 Å². The summed E-state index contributed by atoms with van der Waals surface area (Å²) < 4.78 is 3.99. The van der Waals surface area contributed by atoms with Gasteiger partial charge in [0.25, 0.3) is 0 Å². The van der Waals surface area contributed by atoms with Crippen LogP contribution < -0.4 is 0 Å². The smallest absolute Gasteiger partial charge is 0.0716 e. The van der Waals surface area contributed by atoms with Gasteiger partial charge in [-0.15, -0.1) is 0 Å². The Bertz CT molecular complexity index is 1260. The summed E-state index contributed by atoms with van der Waals surface area (Å²) in [7, 11) is 0. The Morgan fingerprint density at radius 2 is 0.868 bits per heavy atom. The van der Waals surface area contributed by atoms with Crippen LogP contribution >= 0.6 is 0 Å². The fraction of sp³-hybridized carbons (Fsp3) is 0.438. The van der Waals surface area contributed by atoms with Gasteiger partial charge in [-0.3, -0.25) is 0 Å². The first kappa shape index (κ1) is 27.8. The summed E-state index contributed by atoms with van der Waals surface area (Å²) in [6, 6.07) is 24.5. The third-order valence-electron chi connectivity index (χ3n) is 8.54. The molecular weight excluding hydrogens is 472 g/mol. The lowest BCUT2D eigenvalue weighted by atomic mass is 9.74. The van der Waals surface area contributed by atoms with Crippen molar-refractivity contribution in [1.29, 1.82) is 0 Å². The average Bonchev–Trinajstić information content (AvgIpc) is 3.48. The molecule has 0 amide bonds. The summed E-state index contributed by atoms with van der Waals surface area (Å²) in [5, 5.41) is 31.8. The largest absolute Gasteiger partial charge is 0.390 e. The maximum absolute atomic E-state index is 10.9. The van der Waals surface area contributed by atoms with E-state index in [1.165, 1.54) is 0 Å². The minimum atomic E-state index is -0.941. The molecule has 4 rings (SSSR count). The molecule has 2 aromatic heterocycles. The molecule has 2 heterocycles. The Hall–Kier alpha value is -3.22. The molecule has 0 unspecified atom stereocenters. The van der Waals surface area contributed by atoms with E-state index in [1.54, 1.807) is 0 Å². The van der Waals surface area contributed by atoms with Gasteiger partial charge in [-0.05, 0) is 76.9 Å². The summed E-state index contributed by atoms with van der Waals surface area (Å²) in [6.07, 6.45) is 1.45. The molecule has 0 spiro atoms. The van der Waals surface area contributed by atoms with Gasteiger partial charge < -0.3 is 10.2 Å². The zero-order valence-electron chi connectivity index (χ0n) is 24.0. The number of para-hydroxylation sites is 2. The van der Waals surface area contributed by atoms with Crippen molar-refractivity contribution in [1.82, 2.24) is 19.6 Å². The number of hydrogen-bond donors (Lipinski definition) is 2. The molecule has 4 aromatic rings. The highest BCUT2D eigenvalue weighted by atomic mass is 16.3. The van der Waals surface area contributed by atoms with Crippen LogP contribution in [0.15, 0.2) is 72.8 Å². The monoisotopic (exact) mass is 514 g/mol. The maximum atomic E-state index is 10.9. The van der Waals surface area contributed by atoms with Crippen LogP contribution in [0.3, 0.4) is 0 Å². The predicted octanol–water partition coefficient (Wildman–Crippen LogP) is 5.94. The van der Waals surface area contributed by atoms with E-state index in [0.717, 1.165) is 47.0 Å². The quantitative estimate of drug-likeness (QED) is 0.290. The van der Waals surface area contributed by atoms with Crippen LogP contribution in [-0.2, 0) is 23.7 Å². The Balaban J connectivity index is 1.77. The molecule has 2 aromatic carbocycles. The van der Waals surface area contributed by atoms with E-state index in [2.05, 4.69) is 36.4 Å². The average molecular weight is 515 g/mol. The Labute approximate surface area is 227 Å². The summed E-state index contributed by atoms with van der Waals surface area (Å²) in [5.41, 5.74) is 2.83. The lowest BCUT2D eigenvalue weighted by Gasteiger charge is -2.35. The summed E-state index contributed by atoms with van der Waals surface area (Å²) in [6.45, 7) is 15.5. The number of hydrogen-bond acceptors (Lipinski definition) is 4. The van der Waals surface area contributed by atoms with Crippen LogP contribution in [-0.4, -0.2) is 41.0 Å². The van der Waals surface area contributed by atoms with Crippen LogP contribution in [0, 0.1) is 0 Å². The van der Waals surface area contributed by atoms with Crippen molar-refractivity contribution in [2.24, 2.45) is 0 Å². The van der Waals surface area contributed by atoms with E-state index in [0.29, 0.717) is 0 Å². The van der Waals surface area contributed by atoms with Crippen molar-refractivity contribution >= 4 is 0 Å². The Morgan fingerprint density at radius 3 is 1.16 bits per heavy atom. The normalized spacial score (nSPS) is 13.2. The number of rotatable bonds is 9. The SMILES string of the molecule is CC(C)(O)C(C)(C)c1cc(CCc2cc(C(C)(C)C(C)(C)O)nn2-c2ccccc2)n(-c2ccccc2)n1. The van der Waals surface area contributed by atoms with Crippen LogP contribution in [0.25, 0.3) is 11.4 Å². The van der Waals surface area contributed by atoms with Gasteiger partial charge in [-0.25, -0.2) is 9.36 Å². The van der Waals surface area contributed by atoms with Gasteiger partial charge in [-0.2, -0.15) is 10.2 Å². The van der Waals surface area contributed by atoms with E-state index in [4.69, 9.17) is 10.2 Å². The van der Waals surface area contributed by atoms with Crippen LogP contribution in [0.5, 0.6) is 0 Å². The Kier molecular flexibility index (Phi) is 7.19. The minimum Gasteiger partial charge on any atom is -0.390 e. The fourth-order valence-corrected chi connectivity index (χ4v) is 4.28.